The minimum atomic E-state index is -0.977. The van der Waals surface area contributed by atoms with Crippen molar-refractivity contribution in [2.45, 2.75) is 24.7 Å². The molecule has 17 heavy (non-hydrogen) atoms. The van der Waals surface area contributed by atoms with Gasteiger partial charge in [0.15, 0.2) is 0 Å². The third-order valence-electron chi connectivity index (χ3n) is 2.21. The van der Waals surface area contributed by atoms with Gasteiger partial charge in [-0.25, -0.2) is 0 Å². The molecule has 1 aromatic rings. The molecule has 0 saturated heterocycles. The van der Waals surface area contributed by atoms with Crippen molar-refractivity contribution in [3.8, 4) is 0 Å². The fourth-order valence-corrected chi connectivity index (χ4v) is 2.59. The summed E-state index contributed by atoms with van der Waals surface area (Å²) in [5.41, 5.74) is 0. The van der Waals surface area contributed by atoms with Gasteiger partial charge in [-0.15, -0.1) is 0 Å². The number of halogens is 1. The van der Waals surface area contributed by atoms with Crippen LogP contribution in [0, 0.1) is 0 Å². The van der Waals surface area contributed by atoms with E-state index in [4.69, 9.17) is 11.6 Å². The summed E-state index contributed by atoms with van der Waals surface area (Å²) < 4.78 is 11.8. The fraction of sp³-hybridized carbons (Fsp3) is 0.417. The summed E-state index contributed by atoms with van der Waals surface area (Å²) in [7, 11) is -0.977. The summed E-state index contributed by atoms with van der Waals surface area (Å²) in [6.07, 6.45) is 1.68. The predicted octanol–water partition coefficient (Wildman–Crippen LogP) is 2.36. The molecule has 0 radical (unpaired) electrons. The van der Waals surface area contributed by atoms with Crippen LogP contribution in [0.2, 0.25) is 5.02 Å². The lowest BCUT2D eigenvalue weighted by Gasteiger charge is -2.03. The zero-order valence-electron chi connectivity index (χ0n) is 9.74. The largest absolute Gasteiger partial charge is 0.356 e. The second-order valence-electron chi connectivity index (χ2n) is 3.69. The number of carbonyl (C=O) groups excluding carboxylic acids is 1. The van der Waals surface area contributed by atoms with E-state index in [0.717, 1.165) is 17.7 Å². The van der Waals surface area contributed by atoms with Gasteiger partial charge in [-0.2, -0.15) is 0 Å². The second-order valence-corrected chi connectivity index (χ2v) is 5.70. The maximum atomic E-state index is 11.8. The number of benzene rings is 1. The first kappa shape index (κ1) is 14.2. The second kappa shape index (κ2) is 7.45. The standard InChI is InChI=1S/C12H16ClNO2S/c1-10(15)14-8-2-3-9-17(16)12-6-4-11(13)5-7-12/h4-7H,2-3,8-9H2,1H3,(H,14,15). The van der Waals surface area contributed by atoms with Gasteiger partial charge in [-0.1, -0.05) is 11.6 Å². The van der Waals surface area contributed by atoms with Crippen molar-refractivity contribution in [1.29, 1.82) is 0 Å². The van der Waals surface area contributed by atoms with Crippen molar-refractivity contribution in [2.75, 3.05) is 12.3 Å². The molecule has 0 aromatic heterocycles. The molecule has 0 spiro atoms. The molecular weight excluding hydrogens is 258 g/mol. The molecular formula is C12H16ClNO2S. The normalized spacial score (nSPS) is 12.1. The quantitative estimate of drug-likeness (QED) is 0.809. The Hall–Kier alpha value is -0.870. The van der Waals surface area contributed by atoms with Crippen LogP contribution in [0.15, 0.2) is 29.2 Å². The molecule has 1 rings (SSSR count). The predicted molar refractivity (Wildman–Crippen MR) is 70.6 cm³/mol. The highest BCUT2D eigenvalue weighted by atomic mass is 35.5. The van der Waals surface area contributed by atoms with E-state index < -0.39 is 10.8 Å². The molecule has 0 heterocycles. The minimum Gasteiger partial charge on any atom is -0.356 e. The lowest BCUT2D eigenvalue weighted by molar-refractivity contribution is -0.118. The molecule has 5 heteroatoms. The van der Waals surface area contributed by atoms with E-state index in [-0.39, 0.29) is 5.91 Å². The van der Waals surface area contributed by atoms with Gasteiger partial charge < -0.3 is 5.32 Å². The van der Waals surface area contributed by atoms with Crippen LogP contribution >= 0.6 is 11.6 Å². The number of nitrogens with one attached hydrogen (secondary N) is 1. The molecule has 1 amide bonds. The van der Waals surface area contributed by atoms with Gasteiger partial charge in [-0.05, 0) is 37.1 Å². The third-order valence-corrected chi connectivity index (χ3v) is 3.92. The Balaban J connectivity index is 2.25. The van der Waals surface area contributed by atoms with Gasteiger partial charge in [0.1, 0.15) is 0 Å². The highest BCUT2D eigenvalue weighted by Gasteiger charge is 2.03. The summed E-state index contributed by atoms with van der Waals surface area (Å²) in [6, 6.07) is 7.05. The van der Waals surface area contributed by atoms with Crippen LogP contribution in [0.4, 0.5) is 0 Å². The van der Waals surface area contributed by atoms with Crippen LogP contribution in [0.25, 0.3) is 0 Å². The molecule has 0 fully saturated rings. The van der Waals surface area contributed by atoms with E-state index in [2.05, 4.69) is 5.32 Å². The Morgan fingerprint density at radius 1 is 1.29 bits per heavy atom. The molecule has 0 aliphatic heterocycles. The van der Waals surface area contributed by atoms with Crippen LogP contribution < -0.4 is 5.32 Å². The van der Waals surface area contributed by atoms with E-state index in [1.165, 1.54) is 6.92 Å². The molecule has 1 atom stereocenters. The van der Waals surface area contributed by atoms with Crippen molar-refractivity contribution in [1.82, 2.24) is 5.32 Å². The Morgan fingerprint density at radius 3 is 2.53 bits per heavy atom. The fourth-order valence-electron chi connectivity index (χ4n) is 1.33. The van der Waals surface area contributed by atoms with Gasteiger partial charge in [0.25, 0.3) is 0 Å². The van der Waals surface area contributed by atoms with Crippen LogP contribution in [0.1, 0.15) is 19.8 Å². The third kappa shape index (κ3) is 5.84. The first-order chi connectivity index (χ1) is 8.09. The van der Waals surface area contributed by atoms with Gasteiger partial charge in [0.2, 0.25) is 5.91 Å². The maximum absolute atomic E-state index is 11.8. The molecule has 0 bridgehead atoms. The average Bonchev–Trinajstić information content (AvgIpc) is 2.29. The number of hydrogen-bond donors (Lipinski definition) is 1. The SMILES string of the molecule is CC(=O)NCCCCS(=O)c1ccc(Cl)cc1. The van der Waals surface area contributed by atoms with E-state index in [1.807, 2.05) is 0 Å². The average molecular weight is 274 g/mol. The minimum absolute atomic E-state index is 0.0242. The van der Waals surface area contributed by atoms with Crippen molar-refractivity contribution < 1.29 is 9.00 Å². The molecule has 3 nitrogen and oxygen atoms in total. The highest BCUT2D eigenvalue weighted by Crippen LogP contribution is 2.13. The van der Waals surface area contributed by atoms with Crippen LogP contribution in [0.3, 0.4) is 0 Å². The summed E-state index contributed by atoms with van der Waals surface area (Å²) in [4.78, 5) is 11.4. The van der Waals surface area contributed by atoms with Crippen LogP contribution in [-0.4, -0.2) is 22.4 Å². The Morgan fingerprint density at radius 2 is 1.94 bits per heavy atom. The number of unbranched alkanes of at least 4 members (excludes halogenated alkanes) is 1. The Bertz CT molecular complexity index is 392. The number of amides is 1. The summed E-state index contributed by atoms with van der Waals surface area (Å²) >= 11 is 5.75. The highest BCUT2D eigenvalue weighted by molar-refractivity contribution is 7.85. The maximum Gasteiger partial charge on any atom is 0.216 e. The molecule has 0 aliphatic rings. The van der Waals surface area contributed by atoms with E-state index >= 15 is 0 Å². The zero-order chi connectivity index (χ0) is 12.7. The van der Waals surface area contributed by atoms with Gasteiger partial charge >= 0.3 is 0 Å². The first-order valence-corrected chi connectivity index (χ1v) is 7.17. The lowest BCUT2D eigenvalue weighted by atomic mass is 10.3. The van der Waals surface area contributed by atoms with Crippen molar-refractivity contribution in [2.24, 2.45) is 0 Å². The van der Waals surface area contributed by atoms with Gasteiger partial charge in [0, 0.05) is 29.1 Å². The van der Waals surface area contributed by atoms with Gasteiger partial charge in [-0.3, -0.25) is 9.00 Å². The van der Waals surface area contributed by atoms with Crippen LogP contribution in [0.5, 0.6) is 0 Å². The van der Waals surface area contributed by atoms with Crippen LogP contribution in [-0.2, 0) is 15.6 Å². The topological polar surface area (TPSA) is 46.2 Å². The van der Waals surface area contributed by atoms with E-state index in [1.54, 1.807) is 24.3 Å². The number of hydrogen-bond acceptors (Lipinski definition) is 2. The van der Waals surface area contributed by atoms with Crippen molar-refractivity contribution in [3.05, 3.63) is 29.3 Å². The summed E-state index contributed by atoms with van der Waals surface area (Å²) in [6.45, 7) is 2.14. The van der Waals surface area contributed by atoms with E-state index in [9.17, 15) is 9.00 Å². The first-order valence-electron chi connectivity index (χ1n) is 5.48. The number of rotatable bonds is 6. The number of carbonyl (C=O) groups is 1. The molecule has 1 unspecified atom stereocenters. The Kier molecular flexibility index (Phi) is 6.22. The van der Waals surface area contributed by atoms with Gasteiger partial charge in [0.05, 0.1) is 10.8 Å². The molecule has 94 valence electrons. The zero-order valence-corrected chi connectivity index (χ0v) is 11.3. The van der Waals surface area contributed by atoms with Crippen molar-refractivity contribution in [3.63, 3.8) is 0 Å². The molecule has 1 N–H and O–H groups in total. The summed E-state index contributed by atoms with van der Waals surface area (Å²) in [5.74, 6) is 0.588. The van der Waals surface area contributed by atoms with E-state index in [0.29, 0.717) is 17.3 Å². The van der Waals surface area contributed by atoms with Crippen molar-refractivity contribution >= 4 is 28.3 Å². The smallest absolute Gasteiger partial charge is 0.216 e. The molecule has 0 aliphatic carbocycles. The lowest BCUT2D eigenvalue weighted by Crippen LogP contribution is -2.21. The molecule has 0 saturated carbocycles. The molecule has 1 aromatic carbocycles. The Labute approximate surface area is 109 Å². The summed E-state index contributed by atoms with van der Waals surface area (Å²) in [5, 5.41) is 3.36. The monoisotopic (exact) mass is 273 g/mol.